The molecule has 14 heavy (non-hydrogen) atoms. The van der Waals surface area contributed by atoms with Crippen LogP contribution in [0.3, 0.4) is 0 Å². The maximum absolute atomic E-state index is 11.1. The third-order valence-electron chi connectivity index (χ3n) is 2.17. The molecule has 1 aliphatic heterocycles. The SMILES string of the molecule is CSCCCCCN1C(=O)CNC1=O. The Morgan fingerprint density at radius 1 is 1.36 bits per heavy atom. The van der Waals surface area contributed by atoms with E-state index in [2.05, 4.69) is 11.6 Å². The van der Waals surface area contributed by atoms with Gasteiger partial charge in [0.25, 0.3) is 0 Å². The van der Waals surface area contributed by atoms with Gasteiger partial charge < -0.3 is 5.32 Å². The van der Waals surface area contributed by atoms with Crippen LogP contribution < -0.4 is 5.32 Å². The molecule has 1 rings (SSSR count). The van der Waals surface area contributed by atoms with Gasteiger partial charge in [-0.1, -0.05) is 6.42 Å². The zero-order valence-electron chi connectivity index (χ0n) is 8.41. The summed E-state index contributed by atoms with van der Waals surface area (Å²) in [5.74, 6) is 1.06. The molecule has 1 aliphatic rings. The molecule has 0 aromatic carbocycles. The van der Waals surface area contributed by atoms with Crippen molar-refractivity contribution in [2.75, 3.05) is 25.1 Å². The van der Waals surface area contributed by atoms with Crippen LogP contribution in [0.1, 0.15) is 19.3 Å². The molecule has 5 heteroatoms. The molecule has 80 valence electrons. The first-order valence-corrected chi connectivity index (χ1v) is 6.22. The zero-order valence-corrected chi connectivity index (χ0v) is 9.23. The lowest BCUT2D eigenvalue weighted by Crippen LogP contribution is -2.31. The lowest BCUT2D eigenvalue weighted by Gasteiger charge is -2.11. The van der Waals surface area contributed by atoms with Gasteiger partial charge in [0.1, 0.15) is 0 Å². The number of imide groups is 1. The van der Waals surface area contributed by atoms with Gasteiger partial charge >= 0.3 is 6.03 Å². The molecule has 1 fully saturated rings. The third kappa shape index (κ3) is 3.21. The average molecular weight is 216 g/mol. The second kappa shape index (κ2) is 5.90. The van der Waals surface area contributed by atoms with Crippen LogP contribution in [0.5, 0.6) is 0 Å². The molecule has 0 aromatic rings. The molecule has 0 aromatic heterocycles. The van der Waals surface area contributed by atoms with E-state index in [1.807, 2.05) is 11.8 Å². The van der Waals surface area contributed by atoms with E-state index >= 15 is 0 Å². The van der Waals surface area contributed by atoms with Gasteiger partial charge in [-0.05, 0) is 24.9 Å². The molecule has 0 radical (unpaired) electrons. The van der Waals surface area contributed by atoms with E-state index in [1.54, 1.807) is 0 Å². The van der Waals surface area contributed by atoms with Crippen molar-refractivity contribution < 1.29 is 9.59 Å². The number of hydrogen-bond donors (Lipinski definition) is 1. The molecule has 0 atom stereocenters. The van der Waals surface area contributed by atoms with Crippen molar-refractivity contribution in [3.8, 4) is 0 Å². The summed E-state index contributed by atoms with van der Waals surface area (Å²) in [6.07, 6.45) is 5.24. The van der Waals surface area contributed by atoms with Gasteiger partial charge in [0.15, 0.2) is 0 Å². The molecular formula is C9H16N2O2S. The highest BCUT2D eigenvalue weighted by molar-refractivity contribution is 7.98. The van der Waals surface area contributed by atoms with Crippen molar-refractivity contribution in [2.45, 2.75) is 19.3 Å². The van der Waals surface area contributed by atoms with E-state index in [1.165, 1.54) is 4.90 Å². The van der Waals surface area contributed by atoms with Crippen LogP contribution in [0, 0.1) is 0 Å². The van der Waals surface area contributed by atoms with Crippen molar-refractivity contribution in [2.24, 2.45) is 0 Å². The highest BCUT2D eigenvalue weighted by atomic mass is 32.2. The highest BCUT2D eigenvalue weighted by Crippen LogP contribution is 2.06. The summed E-state index contributed by atoms with van der Waals surface area (Å²) in [5.41, 5.74) is 0. The standard InChI is InChI=1S/C9H16N2O2S/c1-14-6-4-2-3-5-11-8(12)7-10-9(11)13/h2-7H2,1H3,(H,10,13). The normalized spacial score (nSPS) is 16.2. The van der Waals surface area contributed by atoms with E-state index in [-0.39, 0.29) is 18.5 Å². The molecular weight excluding hydrogens is 200 g/mol. The molecule has 1 heterocycles. The van der Waals surface area contributed by atoms with Crippen molar-refractivity contribution in [3.05, 3.63) is 0 Å². The minimum absolute atomic E-state index is 0.0973. The number of hydrogen-bond acceptors (Lipinski definition) is 3. The van der Waals surface area contributed by atoms with E-state index in [9.17, 15) is 9.59 Å². The number of carbonyl (C=O) groups is 2. The Hall–Kier alpha value is -0.710. The van der Waals surface area contributed by atoms with Crippen LogP contribution in [0.15, 0.2) is 0 Å². The van der Waals surface area contributed by atoms with Crippen LogP contribution in [0.4, 0.5) is 4.79 Å². The Morgan fingerprint density at radius 2 is 2.14 bits per heavy atom. The minimum Gasteiger partial charge on any atom is -0.329 e. The number of carbonyl (C=O) groups excluding carboxylic acids is 2. The van der Waals surface area contributed by atoms with Crippen molar-refractivity contribution in [3.63, 3.8) is 0 Å². The van der Waals surface area contributed by atoms with Crippen LogP contribution in [0.2, 0.25) is 0 Å². The van der Waals surface area contributed by atoms with Gasteiger partial charge in [-0.25, -0.2) is 4.79 Å². The van der Waals surface area contributed by atoms with E-state index in [4.69, 9.17) is 0 Å². The lowest BCUT2D eigenvalue weighted by atomic mass is 10.2. The Balaban J connectivity index is 2.11. The minimum atomic E-state index is -0.236. The maximum atomic E-state index is 11.1. The topological polar surface area (TPSA) is 49.4 Å². The largest absolute Gasteiger partial charge is 0.329 e. The zero-order chi connectivity index (χ0) is 10.4. The number of nitrogens with zero attached hydrogens (tertiary/aromatic N) is 1. The first-order valence-electron chi connectivity index (χ1n) is 4.83. The fourth-order valence-electron chi connectivity index (χ4n) is 1.37. The summed E-state index contributed by atoms with van der Waals surface area (Å²) in [6, 6.07) is -0.236. The molecule has 0 spiro atoms. The van der Waals surface area contributed by atoms with Crippen molar-refractivity contribution in [1.82, 2.24) is 10.2 Å². The van der Waals surface area contributed by atoms with Crippen LogP contribution in [-0.4, -0.2) is 41.9 Å². The first-order chi connectivity index (χ1) is 6.75. The fraction of sp³-hybridized carbons (Fsp3) is 0.778. The molecule has 3 amide bonds. The number of urea groups is 1. The van der Waals surface area contributed by atoms with Gasteiger partial charge in [0.2, 0.25) is 5.91 Å². The van der Waals surface area contributed by atoms with Gasteiger partial charge in [0.05, 0.1) is 6.54 Å². The number of nitrogens with one attached hydrogen (secondary N) is 1. The van der Waals surface area contributed by atoms with Crippen molar-refractivity contribution >= 4 is 23.7 Å². The Morgan fingerprint density at radius 3 is 2.71 bits per heavy atom. The predicted octanol–water partition coefficient (Wildman–Crippen LogP) is 1.07. The second-order valence-electron chi connectivity index (χ2n) is 3.26. The summed E-state index contributed by atoms with van der Waals surface area (Å²) in [4.78, 5) is 23.5. The van der Waals surface area contributed by atoms with Gasteiger partial charge in [-0.2, -0.15) is 11.8 Å². The van der Waals surface area contributed by atoms with Crippen LogP contribution >= 0.6 is 11.8 Å². The number of thioether (sulfide) groups is 1. The average Bonchev–Trinajstić information content (AvgIpc) is 2.48. The number of amides is 3. The quantitative estimate of drug-likeness (QED) is 0.534. The maximum Gasteiger partial charge on any atom is 0.324 e. The van der Waals surface area contributed by atoms with Gasteiger partial charge in [-0.15, -0.1) is 0 Å². The number of rotatable bonds is 6. The summed E-state index contributed by atoms with van der Waals surface area (Å²) in [7, 11) is 0. The van der Waals surface area contributed by atoms with E-state index < -0.39 is 0 Å². The molecule has 0 saturated carbocycles. The molecule has 4 nitrogen and oxygen atoms in total. The van der Waals surface area contributed by atoms with Gasteiger partial charge in [-0.3, -0.25) is 9.69 Å². The molecule has 0 unspecified atom stereocenters. The fourth-order valence-corrected chi connectivity index (χ4v) is 1.87. The Bertz CT molecular complexity index is 205. The van der Waals surface area contributed by atoms with Gasteiger partial charge in [0, 0.05) is 6.54 Å². The van der Waals surface area contributed by atoms with Crippen molar-refractivity contribution in [1.29, 1.82) is 0 Å². The summed E-state index contributed by atoms with van der Waals surface area (Å²) in [5, 5.41) is 2.50. The first kappa shape index (κ1) is 11.4. The second-order valence-corrected chi connectivity index (χ2v) is 4.24. The highest BCUT2D eigenvalue weighted by Gasteiger charge is 2.27. The monoisotopic (exact) mass is 216 g/mol. The van der Waals surface area contributed by atoms with E-state index in [0.717, 1.165) is 25.0 Å². The molecule has 1 N–H and O–H groups in total. The van der Waals surface area contributed by atoms with Crippen LogP contribution in [-0.2, 0) is 4.79 Å². The number of unbranched alkanes of at least 4 members (excludes halogenated alkanes) is 2. The smallest absolute Gasteiger partial charge is 0.324 e. The summed E-state index contributed by atoms with van der Waals surface area (Å²) < 4.78 is 0. The lowest BCUT2D eigenvalue weighted by molar-refractivity contribution is -0.125. The Kier molecular flexibility index (Phi) is 4.79. The van der Waals surface area contributed by atoms with Crippen LogP contribution in [0.25, 0.3) is 0 Å². The third-order valence-corrected chi connectivity index (χ3v) is 2.86. The summed E-state index contributed by atoms with van der Waals surface area (Å²) in [6.45, 7) is 0.739. The molecule has 0 aliphatic carbocycles. The summed E-state index contributed by atoms with van der Waals surface area (Å²) >= 11 is 1.83. The Labute approximate surface area is 88.4 Å². The molecule has 1 saturated heterocycles. The molecule has 0 bridgehead atoms. The predicted molar refractivity (Wildman–Crippen MR) is 57.3 cm³/mol. The van der Waals surface area contributed by atoms with E-state index in [0.29, 0.717) is 6.54 Å².